The Hall–Kier alpha value is -1.26. The Bertz CT molecular complexity index is 746. The van der Waals surface area contributed by atoms with E-state index in [4.69, 9.17) is 4.74 Å². The molecule has 0 bridgehead atoms. The van der Waals surface area contributed by atoms with E-state index in [1.807, 2.05) is 4.90 Å². The minimum Gasteiger partial charge on any atom is -0.380 e. The largest absolute Gasteiger partial charge is 0.380 e. The van der Waals surface area contributed by atoms with Crippen molar-refractivity contribution in [3.63, 3.8) is 0 Å². The topological polar surface area (TPSA) is 98.0 Å². The van der Waals surface area contributed by atoms with Crippen molar-refractivity contribution in [2.24, 2.45) is 23.2 Å². The molecule has 4 heterocycles. The molecule has 0 aromatic carbocycles. The summed E-state index contributed by atoms with van der Waals surface area (Å²) in [5, 5.41) is 6.74. The van der Waals surface area contributed by atoms with Crippen molar-refractivity contribution in [1.29, 1.82) is 0 Å². The Morgan fingerprint density at radius 1 is 1.21 bits per heavy atom. The molecule has 0 aromatic heterocycles. The number of rotatable bonds is 6. The third-order valence-electron chi connectivity index (χ3n) is 9.23. The first kappa shape index (κ1) is 24.4. The molecule has 5 unspecified atom stereocenters. The molecule has 34 heavy (non-hydrogen) atoms. The van der Waals surface area contributed by atoms with E-state index in [2.05, 4.69) is 40.4 Å². The van der Waals surface area contributed by atoms with E-state index in [9.17, 15) is 9.59 Å². The van der Waals surface area contributed by atoms with Gasteiger partial charge in [0.2, 0.25) is 11.8 Å². The molecular weight excluding hydrogens is 432 g/mol. The van der Waals surface area contributed by atoms with Crippen LogP contribution >= 0.6 is 0 Å². The average Bonchev–Trinajstić information content (AvgIpc) is 3.46. The maximum atomic E-state index is 13.2. The zero-order valence-corrected chi connectivity index (χ0v) is 21.0. The highest BCUT2D eigenvalue weighted by Gasteiger charge is 2.47. The smallest absolute Gasteiger partial charge is 0.237 e. The van der Waals surface area contributed by atoms with Crippen LogP contribution in [0.3, 0.4) is 0 Å². The predicted molar refractivity (Wildman–Crippen MR) is 129 cm³/mol. The van der Waals surface area contributed by atoms with Gasteiger partial charge in [-0.15, -0.1) is 0 Å². The summed E-state index contributed by atoms with van der Waals surface area (Å²) in [6.07, 6.45) is 8.53. The van der Waals surface area contributed by atoms with Crippen LogP contribution in [0.25, 0.3) is 0 Å². The molecule has 9 heteroatoms. The standard InChI is InChI=1S/C25H44N6O3/c1-17(10-22-29-27-16-30(22)2)18-4-3-5-20(11-18)28-23(32)21-12-19(6-8-26-21)24(33)31-9-7-25(13-31)14-34-15-25/h17-22,26-27,29H,3-16H2,1-2H3,(H,28,32)/t17-,18?,19?,20?,21?,22?/m1/s1. The molecule has 192 valence electrons. The van der Waals surface area contributed by atoms with Crippen molar-refractivity contribution < 1.29 is 14.3 Å². The van der Waals surface area contributed by atoms with Crippen LogP contribution in [-0.4, -0.2) is 86.4 Å². The quantitative estimate of drug-likeness (QED) is 0.446. The molecule has 1 saturated carbocycles. The number of carbonyl (C=O) groups excluding carboxylic acids is 2. The number of hydrazine groups is 1. The van der Waals surface area contributed by atoms with E-state index in [0.717, 1.165) is 71.6 Å². The van der Waals surface area contributed by atoms with Gasteiger partial charge in [0.1, 0.15) is 0 Å². The zero-order valence-electron chi connectivity index (χ0n) is 21.0. The van der Waals surface area contributed by atoms with Crippen molar-refractivity contribution in [2.45, 2.75) is 76.5 Å². The molecule has 0 aromatic rings. The maximum Gasteiger partial charge on any atom is 0.237 e. The van der Waals surface area contributed by atoms with Gasteiger partial charge in [0, 0.05) is 30.5 Å². The van der Waals surface area contributed by atoms with Crippen molar-refractivity contribution in [1.82, 2.24) is 31.3 Å². The number of hydrogen-bond donors (Lipinski definition) is 4. The monoisotopic (exact) mass is 476 g/mol. The molecule has 6 atom stereocenters. The van der Waals surface area contributed by atoms with Gasteiger partial charge in [0.15, 0.2) is 0 Å². The number of nitrogens with one attached hydrogen (secondary N) is 4. The van der Waals surface area contributed by atoms with Gasteiger partial charge in [-0.1, -0.05) is 19.8 Å². The molecule has 4 saturated heterocycles. The van der Waals surface area contributed by atoms with Crippen LogP contribution in [0.4, 0.5) is 0 Å². The van der Waals surface area contributed by atoms with Crippen LogP contribution in [0.5, 0.6) is 0 Å². The van der Waals surface area contributed by atoms with E-state index in [-0.39, 0.29) is 35.2 Å². The lowest BCUT2D eigenvalue weighted by atomic mass is 9.77. The summed E-state index contributed by atoms with van der Waals surface area (Å²) in [4.78, 5) is 30.7. The number of likely N-dealkylation sites (tertiary alicyclic amines) is 1. The van der Waals surface area contributed by atoms with E-state index in [1.165, 1.54) is 12.8 Å². The van der Waals surface area contributed by atoms with Gasteiger partial charge in [0.25, 0.3) is 0 Å². The molecule has 4 N–H and O–H groups in total. The second-order valence-corrected chi connectivity index (χ2v) is 11.8. The third-order valence-corrected chi connectivity index (χ3v) is 9.23. The summed E-state index contributed by atoms with van der Waals surface area (Å²) in [5.41, 5.74) is 6.80. The van der Waals surface area contributed by atoms with Gasteiger partial charge in [0.05, 0.1) is 32.1 Å². The zero-order chi connectivity index (χ0) is 23.7. The van der Waals surface area contributed by atoms with Gasteiger partial charge in [-0.2, -0.15) is 0 Å². The maximum absolute atomic E-state index is 13.2. The highest BCUT2D eigenvalue weighted by atomic mass is 16.5. The van der Waals surface area contributed by atoms with E-state index < -0.39 is 0 Å². The van der Waals surface area contributed by atoms with Gasteiger partial charge in [-0.3, -0.25) is 14.5 Å². The van der Waals surface area contributed by atoms with Gasteiger partial charge >= 0.3 is 0 Å². The third kappa shape index (κ3) is 5.28. The second-order valence-electron chi connectivity index (χ2n) is 11.8. The normalized spacial score (nSPS) is 36.9. The number of hydrogen-bond acceptors (Lipinski definition) is 7. The summed E-state index contributed by atoms with van der Waals surface area (Å²) >= 11 is 0. The molecular formula is C25H44N6O3. The lowest BCUT2D eigenvalue weighted by Crippen LogP contribution is -2.54. The number of nitrogens with zero attached hydrogens (tertiary/aromatic N) is 2. The fraction of sp³-hybridized carbons (Fsp3) is 0.920. The van der Waals surface area contributed by atoms with E-state index in [1.54, 1.807) is 0 Å². The van der Waals surface area contributed by atoms with E-state index in [0.29, 0.717) is 24.4 Å². The van der Waals surface area contributed by atoms with Crippen LogP contribution in [0.15, 0.2) is 0 Å². The molecule has 5 aliphatic rings. The summed E-state index contributed by atoms with van der Waals surface area (Å²) in [6, 6.07) is -0.0115. The van der Waals surface area contributed by atoms with Gasteiger partial charge in [-0.25, -0.2) is 10.9 Å². The average molecular weight is 477 g/mol. The van der Waals surface area contributed by atoms with Crippen molar-refractivity contribution in [2.75, 3.05) is 46.6 Å². The van der Waals surface area contributed by atoms with Crippen LogP contribution < -0.4 is 21.5 Å². The number of amides is 2. The van der Waals surface area contributed by atoms with Crippen molar-refractivity contribution in [3.8, 4) is 0 Å². The second kappa shape index (κ2) is 10.4. The lowest BCUT2D eigenvalue weighted by Gasteiger charge is -2.38. The molecule has 5 fully saturated rings. The summed E-state index contributed by atoms with van der Waals surface area (Å²) in [7, 11) is 2.15. The predicted octanol–water partition coefficient (Wildman–Crippen LogP) is 0.628. The van der Waals surface area contributed by atoms with Crippen LogP contribution in [0.1, 0.15) is 58.3 Å². The van der Waals surface area contributed by atoms with Crippen LogP contribution in [0, 0.1) is 23.2 Å². The Labute approximate surface area is 204 Å². The molecule has 9 nitrogen and oxygen atoms in total. The molecule has 2 amide bonds. The van der Waals surface area contributed by atoms with Crippen LogP contribution in [-0.2, 0) is 14.3 Å². The number of piperidine rings is 1. The number of carbonyl (C=O) groups is 2. The first-order chi connectivity index (χ1) is 16.4. The van der Waals surface area contributed by atoms with Gasteiger partial charge < -0.3 is 20.3 Å². The van der Waals surface area contributed by atoms with E-state index >= 15 is 0 Å². The molecule has 1 aliphatic carbocycles. The SMILES string of the molecule is C[C@H](CC1NNCN1C)C1CCCC(NC(=O)C2CC(C(=O)N3CCC4(COC4)C3)CCN2)C1. The van der Waals surface area contributed by atoms with Crippen LogP contribution in [0.2, 0.25) is 0 Å². The molecule has 1 spiro atoms. The molecule has 0 radical (unpaired) electrons. The first-order valence-electron chi connectivity index (χ1n) is 13.5. The highest BCUT2D eigenvalue weighted by Crippen LogP contribution is 2.38. The number of ether oxygens (including phenoxy) is 1. The Morgan fingerprint density at radius 2 is 2.06 bits per heavy atom. The fourth-order valence-corrected chi connectivity index (χ4v) is 6.82. The minimum absolute atomic E-state index is 0.0446. The van der Waals surface area contributed by atoms with Crippen molar-refractivity contribution in [3.05, 3.63) is 0 Å². The highest BCUT2D eigenvalue weighted by molar-refractivity contribution is 5.85. The Balaban J connectivity index is 1.09. The summed E-state index contributed by atoms with van der Waals surface area (Å²) < 4.78 is 5.41. The van der Waals surface area contributed by atoms with Crippen molar-refractivity contribution >= 4 is 11.8 Å². The molecule has 5 rings (SSSR count). The summed E-state index contributed by atoms with van der Waals surface area (Å²) in [6.45, 7) is 7.23. The van der Waals surface area contributed by atoms with Gasteiger partial charge in [-0.05, 0) is 64.0 Å². The fourth-order valence-electron chi connectivity index (χ4n) is 6.82. The molecule has 4 aliphatic heterocycles. The lowest BCUT2D eigenvalue weighted by molar-refractivity contribution is -0.140. The Kier molecular flexibility index (Phi) is 7.46. The summed E-state index contributed by atoms with van der Waals surface area (Å²) in [5.74, 6) is 1.54. The first-order valence-corrected chi connectivity index (χ1v) is 13.5. The Morgan fingerprint density at radius 3 is 2.76 bits per heavy atom. The minimum atomic E-state index is -0.258.